The molecule has 0 radical (unpaired) electrons. The Morgan fingerprint density at radius 2 is 1.67 bits per heavy atom. The van der Waals surface area contributed by atoms with Crippen LogP contribution in [0.25, 0.3) is 10.9 Å². The van der Waals surface area contributed by atoms with Gasteiger partial charge in [-0.1, -0.05) is 48.5 Å². The average Bonchev–Trinajstić information content (AvgIpc) is 2.85. The second-order valence-electron chi connectivity index (χ2n) is 10.2. The number of alkyl halides is 1. The third kappa shape index (κ3) is 6.82. The molecule has 188 valence electrons. The van der Waals surface area contributed by atoms with E-state index in [9.17, 15) is 4.39 Å². The largest absolute Gasteiger partial charge is 0.493 e. The fourth-order valence-corrected chi connectivity index (χ4v) is 4.36. The summed E-state index contributed by atoms with van der Waals surface area (Å²) in [5, 5.41) is 4.49. The lowest BCUT2D eigenvalue weighted by Crippen LogP contribution is -2.41. The van der Waals surface area contributed by atoms with Crippen molar-refractivity contribution in [3.05, 3.63) is 95.7 Å². The van der Waals surface area contributed by atoms with Crippen LogP contribution in [0.5, 0.6) is 5.75 Å². The normalized spacial score (nSPS) is 11.7. The first-order valence-corrected chi connectivity index (χ1v) is 12.6. The highest BCUT2D eigenvalue weighted by Gasteiger charge is 2.21. The molecule has 4 aromatic rings. The maximum atomic E-state index is 13.7. The standard InChI is InChI=1S/C31H36FN3O/c1-23-17-30(28-13-8-9-14-29(28)33-23)34-26-18-25(21-32)19-27(20-26)36-16-10-15-35(31(2,3)4)22-24-11-6-5-7-12-24/h5-9,11-14,17-20H,10,15-16,21-22H2,1-4H3,(H,33,34). The van der Waals surface area contributed by atoms with E-state index in [0.717, 1.165) is 47.5 Å². The highest BCUT2D eigenvalue weighted by molar-refractivity contribution is 5.93. The quantitative estimate of drug-likeness (QED) is 0.232. The number of aromatic nitrogens is 1. The number of pyridine rings is 1. The molecule has 0 amide bonds. The summed E-state index contributed by atoms with van der Waals surface area (Å²) in [5.74, 6) is 0.674. The second-order valence-corrected chi connectivity index (χ2v) is 10.2. The van der Waals surface area contributed by atoms with Gasteiger partial charge in [0.05, 0.1) is 12.1 Å². The van der Waals surface area contributed by atoms with E-state index in [2.05, 4.69) is 60.2 Å². The fraction of sp³-hybridized carbons (Fsp3) is 0.323. The molecule has 4 nitrogen and oxygen atoms in total. The maximum Gasteiger partial charge on any atom is 0.121 e. The van der Waals surface area contributed by atoms with Crippen LogP contribution in [0.1, 0.15) is 44.0 Å². The maximum absolute atomic E-state index is 13.7. The van der Waals surface area contributed by atoms with Gasteiger partial charge in [-0.3, -0.25) is 9.88 Å². The molecule has 0 bridgehead atoms. The first kappa shape index (κ1) is 25.6. The summed E-state index contributed by atoms with van der Waals surface area (Å²) in [6.45, 7) is 10.5. The molecule has 1 aromatic heterocycles. The summed E-state index contributed by atoms with van der Waals surface area (Å²) in [6, 6.07) is 26.1. The molecule has 3 aromatic carbocycles. The molecule has 0 aliphatic carbocycles. The van der Waals surface area contributed by atoms with Gasteiger partial charge in [-0.2, -0.15) is 0 Å². The Balaban J connectivity index is 1.43. The van der Waals surface area contributed by atoms with Gasteiger partial charge in [0.1, 0.15) is 12.4 Å². The highest BCUT2D eigenvalue weighted by Crippen LogP contribution is 2.29. The molecule has 0 aliphatic rings. The zero-order valence-corrected chi connectivity index (χ0v) is 21.7. The van der Waals surface area contributed by atoms with Crippen LogP contribution in [-0.4, -0.2) is 28.6 Å². The van der Waals surface area contributed by atoms with Gasteiger partial charge in [0.2, 0.25) is 0 Å². The third-order valence-electron chi connectivity index (χ3n) is 6.25. The van der Waals surface area contributed by atoms with Gasteiger partial charge in [0.15, 0.2) is 0 Å². The second kappa shape index (κ2) is 11.5. The summed E-state index contributed by atoms with van der Waals surface area (Å²) in [5.41, 5.74) is 5.54. The molecule has 1 heterocycles. The fourth-order valence-electron chi connectivity index (χ4n) is 4.36. The molecule has 0 saturated carbocycles. The molecular weight excluding hydrogens is 449 g/mol. The van der Waals surface area contributed by atoms with E-state index in [1.807, 2.05) is 55.5 Å². The van der Waals surface area contributed by atoms with Crippen molar-refractivity contribution < 1.29 is 9.13 Å². The van der Waals surface area contributed by atoms with Gasteiger partial charge >= 0.3 is 0 Å². The molecule has 0 fully saturated rings. The number of para-hydroxylation sites is 1. The molecular formula is C31H36FN3O. The summed E-state index contributed by atoms with van der Waals surface area (Å²) >= 11 is 0. The Kier molecular flexibility index (Phi) is 8.21. The van der Waals surface area contributed by atoms with Crippen LogP contribution >= 0.6 is 0 Å². The molecule has 0 unspecified atom stereocenters. The predicted molar refractivity (Wildman–Crippen MR) is 148 cm³/mol. The van der Waals surface area contributed by atoms with Gasteiger partial charge in [-0.05, 0) is 69.5 Å². The van der Waals surface area contributed by atoms with Crippen LogP contribution in [0.4, 0.5) is 15.8 Å². The molecule has 1 N–H and O–H groups in total. The van der Waals surface area contributed by atoms with E-state index in [0.29, 0.717) is 17.9 Å². The topological polar surface area (TPSA) is 37.4 Å². The first-order valence-electron chi connectivity index (χ1n) is 12.6. The van der Waals surface area contributed by atoms with E-state index in [-0.39, 0.29) is 5.54 Å². The van der Waals surface area contributed by atoms with Gasteiger partial charge in [-0.15, -0.1) is 0 Å². The van der Waals surface area contributed by atoms with Crippen molar-refractivity contribution in [1.82, 2.24) is 9.88 Å². The molecule has 5 heteroatoms. The molecule has 0 aliphatic heterocycles. The summed E-state index contributed by atoms with van der Waals surface area (Å²) in [6.07, 6.45) is 0.876. The van der Waals surface area contributed by atoms with Gasteiger partial charge in [0, 0.05) is 47.1 Å². The number of fused-ring (bicyclic) bond motifs is 1. The SMILES string of the molecule is Cc1cc(Nc2cc(CF)cc(OCCCN(Cc3ccccc3)C(C)(C)C)c2)c2ccccc2n1. The number of rotatable bonds is 10. The Labute approximate surface area is 214 Å². The number of benzene rings is 3. The molecule has 0 spiro atoms. The summed E-state index contributed by atoms with van der Waals surface area (Å²) in [7, 11) is 0. The molecule has 36 heavy (non-hydrogen) atoms. The lowest BCUT2D eigenvalue weighted by atomic mass is 10.0. The van der Waals surface area contributed by atoms with Crippen molar-refractivity contribution in [3.8, 4) is 5.75 Å². The number of anilines is 2. The Bertz CT molecular complexity index is 1280. The van der Waals surface area contributed by atoms with E-state index in [1.54, 1.807) is 6.07 Å². The van der Waals surface area contributed by atoms with Crippen LogP contribution in [0.3, 0.4) is 0 Å². The van der Waals surface area contributed by atoms with E-state index < -0.39 is 6.67 Å². The minimum atomic E-state index is -0.545. The van der Waals surface area contributed by atoms with Crippen LogP contribution in [0, 0.1) is 6.92 Å². The van der Waals surface area contributed by atoms with Gasteiger partial charge < -0.3 is 10.1 Å². The number of nitrogens with zero attached hydrogens (tertiary/aromatic N) is 2. The number of nitrogens with one attached hydrogen (secondary N) is 1. The zero-order valence-electron chi connectivity index (χ0n) is 21.7. The van der Waals surface area contributed by atoms with Crippen molar-refractivity contribution in [2.75, 3.05) is 18.5 Å². The number of hydrogen-bond acceptors (Lipinski definition) is 4. The van der Waals surface area contributed by atoms with E-state index >= 15 is 0 Å². The lowest BCUT2D eigenvalue weighted by Gasteiger charge is -2.35. The van der Waals surface area contributed by atoms with Crippen molar-refractivity contribution in [1.29, 1.82) is 0 Å². The number of aryl methyl sites for hydroxylation is 1. The van der Waals surface area contributed by atoms with Crippen LogP contribution < -0.4 is 10.1 Å². The number of ether oxygens (including phenoxy) is 1. The summed E-state index contributed by atoms with van der Waals surface area (Å²) < 4.78 is 19.8. The minimum Gasteiger partial charge on any atom is -0.493 e. The number of hydrogen-bond donors (Lipinski definition) is 1. The van der Waals surface area contributed by atoms with E-state index in [1.165, 1.54) is 5.56 Å². The van der Waals surface area contributed by atoms with Crippen LogP contribution in [-0.2, 0) is 13.2 Å². The van der Waals surface area contributed by atoms with Crippen molar-refractivity contribution in [2.24, 2.45) is 0 Å². The monoisotopic (exact) mass is 485 g/mol. The van der Waals surface area contributed by atoms with Crippen molar-refractivity contribution >= 4 is 22.3 Å². The molecule has 4 rings (SSSR count). The predicted octanol–water partition coefficient (Wildman–Crippen LogP) is 7.83. The molecule has 0 atom stereocenters. The van der Waals surface area contributed by atoms with Crippen molar-refractivity contribution in [3.63, 3.8) is 0 Å². The average molecular weight is 486 g/mol. The minimum absolute atomic E-state index is 0.0481. The number of halogens is 1. The van der Waals surface area contributed by atoms with E-state index in [4.69, 9.17) is 4.74 Å². The van der Waals surface area contributed by atoms with Crippen molar-refractivity contribution in [2.45, 2.75) is 52.9 Å². The molecule has 0 saturated heterocycles. The van der Waals surface area contributed by atoms with Gasteiger partial charge in [0.25, 0.3) is 0 Å². The smallest absolute Gasteiger partial charge is 0.121 e. The zero-order chi connectivity index (χ0) is 25.5. The lowest BCUT2D eigenvalue weighted by molar-refractivity contribution is 0.118. The van der Waals surface area contributed by atoms with Crippen LogP contribution in [0.2, 0.25) is 0 Å². The highest BCUT2D eigenvalue weighted by atomic mass is 19.1. The van der Waals surface area contributed by atoms with Gasteiger partial charge in [-0.25, -0.2) is 4.39 Å². The summed E-state index contributed by atoms with van der Waals surface area (Å²) in [4.78, 5) is 7.07. The Morgan fingerprint density at radius 3 is 2.42 bits per heavy atom. The third-order valence-corrected chi connectivity index (χ3v) is 6.25. The Morgan fingerprint density at radius 1 is 0.917 bits per heavy atom. The first-order chi connectivity index (χ1) is 17.3. The Hall–Kier alpha value is -3.44. The van der Waals surface area contributed by atoms with Crippen LogP contribution in [0.15, 0.2) is 78.9 Å².